The van der Waals surface area contributed by atoms with Crippen molar-refractivity contribution in [2.24, 2.45) is 0 Å². The minimum absolute atomic E-state index is 0.315. The third-order valence-electron chi connectivity index (χ3n) is 2.29. The number of carbonyl (C=O) groups is 1. The minimum Gasteiger partial charge on any atom is -0.357 e. The Morgan fingerprint density at radius 1 is 1.57 bits per heavy atom. The van der Waals surface area contributed by atoms with Crippen LogP contribution in [0.5, 0.6) is 0 Å². The summed E-state index contributed by atoms with van der Waals surface area (Å²) in [6.07, 6.45) is 0.569. The smallest absolute Gasteiger partial charge is 0.163 e. The van der Waals surface area contributed by atoms with Crippen molar-refractivity contribution < 1.29 is 4.79 Å². The molecule has 1 aromatic carbocycles. The lowest BCUT2D eigenvalue weighted by Gasteiger charge is -2.22. The van der Waals surface area contributed by atoms with Crippen molar-refractivity contribution in [1.29, 1.82) is 0 Å². The molecule has 0 amide bonds. The van der Waals surface area contributed by atoms with Crippen LogP contribution in [0.15, 0.2) is 36.5 Å². The maximum atomic E-state index is 10.8. The third-order valence-corrected chi connectivity index (χ3v) is 2.29. The van der Waals surface area contributed by atoms with E-state index in [0.717, 1.165) is 23.4 Å². The molecule has 72 valence electrons. The molecule has 1 atom stereocenters. The first-order chi connectivity index (χ1) is 6.74. The lowest BCUT2D eigenvalue weighted by Crippen LogP contribution is -2.35. The number of para-hydroxylation sites is 2. The predicted molar refractivity (Wildman–Crippen MR) is 57.2 cm³/mol. The SMILES string of the molecule is C=C(C)N1c2ccccc2NC1C=O. The van der Waals surface area contributed by atoms with Gasteiger partial charge in [0, 0.05) is 5.70 Å². The molecule has 0 saturated heterocycles. The zero-order chi connectivity index (χ0) is 10.1. The van der Waals surface area contributed by atoms with Gasteiger partial charge >= 0.3 is 0 Å². The number of anilines is 2. The summed E-state index contributed by atoms with van der Waals surface area (Å²) in [5.41, 5.74) is 2.85. The second-order valence-electron chi connectivity index (χ2n) is 3.35. The van der Waals surface area contributed by atoms with Crippen LogP contribution in [-0.2, 0) is 4.79 Å². The minimum atomic E-state index is -0.315. The maximum Gasteiger partial charge on any atom is 0.163 e. The zero-order valence-electron chi connectivity index (χ0n) is 8.03. The van der Waals surface area contributed by atoms with E-state index in [9.17, 15) is 4.79 Å². The van der Waals surface area contributed by atoms with Gasteiger partial charge < -0.3 is 10.2 Å². The van der Waals surface area contributed by atoms with Crippen molar-refractivity contribution >= 4 is 17.7 Å². The fourth-order valence-electron chi connectivity index (χ4n) is 1.72. The molecule has 3 nitrogen and oxygen atoms in total. The van der Waals surface area contributed by atoms with Crippen LogP contribution in [-0.4, -0.2) is 12.5 Å². The number of carbonyl (C=O) groups excluding carboxylic acids is 1. The summed E-state index contributed by atoms with van der Waals surface area (Å²) in [6, 6.07) is 7.81. The van der Waals surface area contributed by atoms with Crippen LogP contribution < -0.4 is 10.2 Å². The van der Waals surface area contributed by atoms with E-state index in [4.69, 9.17) is 0 Å². The number of nitrogens with zero attached hydrogens (tertiary/aromatic N) is 1. The topological polar surface area (TPSA) is 32.3 Å². The molecular formula is C11H12N2O. The molecule has 1 heterocycles. The van der Waals surface area contributed by atoms with Crippen molar-refractivity contribution in [3.63, 3.8) is 0 Å². The average Bonchev–Trinajstić information content (AvgIpc) is 2.55. The molecule has 0 radical (unpaired) electrons. The van der Waals surface area contributed by atoms with E-state index in [1.54, 1.807) is 0 Å². The third kappa shape index (κ3) is 1.18. The standard InChI is InChI=1S/C11H12N2O/c1-8(2)13-10-6-4-3-5-9(10)12-11(13)7-14/h3-7,11-12H,1H2,2H3. The van der Waals surface area contributed by atoms with E-state index < -0.39 is 0 Å². The zero-order valence-corrected chi connectivity index (χ0v) is 8.03. The van der Waals surface area contributed by atoms with Gasteiger partial charge in [-0.3, -0.25) is 4.79 Å². The van der Waals surface area contributed by atoms with Crippen LogP contribution in [0.4, 0.5) is 11.4 Å². The Labute approximate surface area is 83.0 Å². The lowest BCUT2D eigenvalue weighted by molar-refractivity contribution is -0.108. The predicted octanol–water partition coefficient (Wildman–Crippen LogP) is 1.98. The van der Waals surface area contributed by atoms with Crippen molar-refractivity contribution in [3.8, 4) is 0 Å². The molecule has 0 bridgehead atoms. The van der Waals surface area contributed by atoms with Gasteiger partial charge in [0.1, 0.15) is 0 Å². The monoisotopic (exact) mass is 188 g/mol. The Morgan fingerprint density at radius 3 is 2.93 bits per heavy atom. The first-order valence-corrected chi connectivity index (χ1v) is 4.49. The molecule has 1 N–H and O–H groups in total. The molecule has 1 aliphatic heterocycles. The second-order valence-corrected chi connectivity index (χ2v) is 3.35. The van der Waals surface area contributed by atoms with E-state index in [1.165, 1.54) is 0 Å². The van der Waals surface area contributed by atoms with E-state index in [-0.39, 0.29) is 6.17 Å². The van der Waals surface area contributed by atoms with Crippen molar-refractivity contribution in [3.05, 3.63) is 36.5 Å². The molecule has 1 aliphatic rings. The van der Waals surface area contributed by atoms with Gasteiger partial charge in [0.15, 0.2) is 12.5 Å². The molecule has 0 spiro atoms. The van der Waals surface area contributed by atoms with Crippen LogP contribution in [0.1, 0.15) is 6.92 Å². The van der Waals surface area contributed by atoms with Gasteiger partial charge in [-0.1, -0.05) is 18.7 Å². The Kier molecular flexibility index (Phi) is 2.00. The van der Waals surface area contributed by atoms with Crippen molar-refractivity contribution in [1.82, 2.24) is 0 Å². The normalized spacial score (nSPS) is 18.6. The number of hydrogen-bond donors (Lipinski definition) is 1. The van der Waals surface area contributed by atoms with E-state index in [0.29, 0.717) is 0 Å². The highest BCUT2D eigenvalue weighted by Gasteiger charge is 2.27. The van der Waals surface area contributed by atoms with E-state index in [2.05, 4.69) is 11.9 Å². The van der Waals surface area contributed by atoms with Gasteiger partial charge in [0.25, 0.3) is 0 Å². The first-order valence-electron chi connectivity index (χ1n) is 4.49. The Bertz CT molecular complexity index is 387. The number of fused-ring (bicyclic) bond motifs is 1. The van der Waals surface area contributed by atoms with Crippen LogP contribution in [0.25, 0.3) is 0 Å². The van der Waals surface area contributed by atoms with Crippen molar-refractivity contribution in [2.45, 2.75) is 13.1 Å². The lowest BCUT2D eigenvalue weighted by atomic mass is 10.2. The number of hydrogen-bond acceptors (Lipinski definition) is 3. The highest BCUT2D eigenvalue weighted by atomic mass is 16.1. The second kappa shape index (κ2) is 3.18. The Morgan fingerprint density at radius 2 is 2.29 bits per heavy atom. The van der Waals surface area contributed by atoms with Gasteiger partial charge in [0.05, 0.1) is 11.4 Å². The highest BCUT2D eigenvalue weighted by Crippen LogP contribution is 2.35. The molecule has 1 unspecified atom stereocenters. The summed E-state index contributed by atoms with van der Waals surface area (Å²) in [4.78, 5) is 12.7. The van der Waals surface area contributed by atoms with Crippen LogP contribution >= 0.6 is 0 Å². The maximum absolute atomic E-state index is 10.8. The highest BCUT2D eigenvalue weighted by molar-refractivity contribution is 5.86. The molecule has 1 aromatic rings. The number of aldehydes is 1. The Balaban J connectivity index is 2.47. The number of rotatable bonds is 2. The fraction of sp³-hybridized carbons (Fsp3) is 0.182. The summed E-state index contributed by atoms with van der Waals surface area (Å²) < 4.78 is 0. The van der Waals surface area contributed by atoms with Crippen LogP contribution in [0, 0.1) is 0 Å². The number of allylic oxidation sites excluding steroid dienone is 1. The van der Waals surface area contributed by atoms with Crippen LogP contribution in [0.2, 0.25) is 0 Å². The summed E-state index contributed by atoms with van der Waals surface area (Å²) in [7, 11) is 0. The molecule has 0 aliphatic carbocycles. The quantitative estimate of drug-likeness (QED) is 0.720. The van der Waals surface area contributed by atoms with Gasteiger partial charge in [-0.2, -0.15) is 0 Å². The van der Waals surface area contributed by atoms with Gasteiger partial charge in [-0.25, -0.2) is 0 Å². The summed E-state index contributed by atoms with van der Waals surface area (Å²) in [6.45, 7) is 5.75. The van der Waals surface area contributed by atoms with Crippen LogP contribution in [0.3, 0.4) is 0 Å². The first kappa shape index (κ1) is 8.81. The van der Waals surface area contributed by atoms with Gasteiger partial charge in [-0.15, -0.1) is 0 Å². The van der Waals surface area contributed by atoms with E-state index >= 15 is 0 Å². The molecule has 2 rings (SSSR count). The average molecular weight is 188 g/mol. The molecular weight excluding hydrogens is 176 g/mol. The Hall–Kier alpha value is -1.77. The largest absolute Gasteiger partial charge is 0.357 e. The molecule has 3 heteroatoms. The molecule has 14 heavy (non-hydrogen) atoms. The summed E-state index contributed by atoms with van der Waals surface area (Å²) >= 11 is 0. The fourth-order valence-corrected chi connectivity index (χ4v) is 1.72. The van der Waals surface area contributed by atoms with Crippen molar-refractivity contribution in [2.75, 3.05) is 10.2 Å². The number of benzene rings is 1. The van der Waals surface area contributed by atoms with E-state index in [1.807, 2.05) is 36.1 Å². The molecule has 0 fully saturated rings. The summed E-state index contributed by atoms with van der Waals surface area (Å²) in [5.74, 6) is 0. The number of nitrogens with one attached hydrogen (secondary N) is 1. The molecule has 0 aromatic heterocycles. The molecule has 0 saturated carbocycles. The summed E-state index contributed by atoms with van der Waals surface area (Å²) in [5, 5.41) is 3.11. The van der Waals surface area contributed by atoms with Gasteiger partial charge in [-0.05, 0) is 19.1 Å². The van der Waals surface area contributed by atoms with Gasteiger partial charge in [0.2, 0.25) is 0 Å².